The van der Waals surface area contributed by atoms with Crippen molar-refractivity contribution in [3.63, 3.8) is 0 Å². The SMILES string of the molecule is CCCN(CC(=O)O)C(C)C(=O)NCc1ccc(F)cc1. The van der Waals surface area contributed by atoms with Gasteiger partial charge >= 0.3 is 5.97 Å². The van der Waals surface area contributed by atoms with Crippen LogP contribution in [-0.2, 0) is 16.1 Å². The summed E-state index contributed by atoms with van der Waals surface area (Å²) in [6.45, 7) is 4.27. The standard InChI is InChI=1S/C15H21FN2O3/c1-3-8-18(10-14(19)20)11(2)15(21)17-9-12-4-6-13(16)7-5-12/h4-7,11H,3,8-10H2,1-2H3,(H,17,21)(H,19,20). The number of hydrogen-bond donors (Lipinski definition) is 2. The van der Waals surface area contributed by atoms with Crippen molar-refractivity contribution in [2.75, 3.05) is 13.1 Å². The molecule has 0 bridgehead atoms. The first kappa shape index (κ1) is 17.1. The number of carbonyl (C=O) groups excluding carboxylic acids is 1. The van der Waals surface area contributed by atoms with Crippen molar-refractivity contribution in [2.45, 2.75) is 32.9 Å². The highest BCUT2D eigenvalue weighted by atomic mass is 19.1. The Balaban J connectivity index is 2.55. The summed E-state index contributed by atoms with van der Waals surface area (Å²) >= 11 is 0. The van der Waals surface area contributed by atoms with Crippen LogP contribution in [0.5, 0.6) is 0 Å². The minimum Gasteiger partial charge on any atom is -0.480 e. The Morgan fingerprint density at radius 2 is 1.95 bits per heavy atom. The van der Waals surface area contributed by atoms with E-state index in [-0.39, 0.29) is 24.8 Å². The van der Waals surface area contributed by atoms with Gasteiger partial charge in [-0.25, -0.2) is 4.39 Å². The fourth-order valence-electron chi connectivity index (χ4n) is 1.98. The number of nitrogens with zero attached hydrogens (tertiary/aromatic N) is 1. The summed E-state index contributed by atoms with van der Waals surface area (Å²) in [5.74, 6) is -1.52. The molecule has 1 unspecified atom stereocenters. The van der Waals surface area contributed by atoms with Crippen LogP contribution in [0.1, 0.15) is 25.8 Å². The van der Waals surface area contributed by atoms with Crippen LogP contribution in [-0.4, -0.2) is 41.0 Å². The van der Waals surface area contributed by atoms with Crippen LogP contribution < -0.4 is 5.32 Å². The van der Waals surface area contributed by atoms with Gasteiger partial charge in [0.05, 0.1) is 12.6 Å². The second kappa shape index (κ2) is 8.36. The van der Waals surface area contributed by atoms with Crippen LogP contribution in [0.25, 0.3) is 0 Å². The van der Waals surface area contributed by atoms with Gasteiger partial charge in [-0.05, 0) is 37.6 Å². The zero-order valence-electron chi connectivity index (χ0n) is 12.3. The molecule has 0 spiro atoms. The normalized spacial score (nSPS) is 12.2. The lowest BCUT2D eigenvalue weighted by molar-refractivity contribution is -0.139. The van der Waals surface area contributed by atoms with E-state index >= 15 is 0 Å². The number of carboxylic acid groups (broad SMARTS) is 1. The first-order valence-corrected chi connectivity index (χ1v) is 6.92. The number of nitrogens with one attached hydrogen (secondary N) is 1. The molecule has 1 aromatic carbocycles. The second-order valence-corrected chi connectivity index (χ2v) is 4.88. The lowest BCUT2D eigenvalue weighted by Gasteiger charge is -2.26. The molecule has 0 aromatic heterocycles. The molecule has 0 aliphatic carbocycles. The molecule has 0 fully saturated rings. The Bertz CT molecular complexity index is 476. The number of carboxylic acids is 1. The Hall–Kier alpha value is -1.95. The van der Waals surface area contributed by atoms with Gasteiger partial charge < -0.3 is 10.4 Å². The average Bonchev–Trinajstić information content (AvgIpc) is 2.44. The second-order valence-electron chi connectivity index (χ2n) is 4.88. The van der Waals surface area contributed by atoms with Gasteiger partial charge in [0, 0.05) is 6.54 Å². The monoisotopic (exact) mass is 296 g/mol. The Kier molecular flexibility index (Phi) is 6.81. The maximum Gasteiger partial charge on any atom is 0.317 e. The predicted octanol–water partition coefficient (Wildman–Crippen LogP) is 1.63. The molecule has 5 nitrogen and oxygen atoms in total. The van der Waals surface area contributed by atoms with E-state index in [2.05, 4.69) is 5.32 Å². The lowest BCUT2D eigenvalue weighted by Crippen LogP contribution is -2.47. The van der Waals surface area contributed by atoms with Crippen molar-refractivity contribution in [3.8, 4) is 0 Å². The zero-order chi connectivity index (χ0) is 15.8. The fourth-order valence-corrected chi connectivity index (χ4v) is 1.98. The molecule has 0 saturated heterocycles. The number of halogens is 1. The molecule has 0 saturated carbocycles. The highest BCUT2D eigenvalue weighted by molar-refractivity contribution is 5.82. The molecule has 1 aromatic rings. The smallest absolute Gasteiger partial charge is 0.317 e. The van der Waals surface area contributed by atoms with Crippen LogP contribution in [0.4, 0.5) is 4.39 Å². The number of carbonyl (C=O) groups is 2. The lowest BCUT2D eigenvalue weighted by atomic mass is 10.2. The van der Waals surface area contributed by atoms with Crippen molar-refractivity contribution in [2.24, 2.45) is 0 Å². The van der Waals surface area contributed by atoms with Gasteiger partial charge in [-0.1, -0.05) is 19.1 Å². The molecule has 116 valence electrons. The number of hydrogen-bond acceptors (Lipinski definition) is 3. The topological polar surface area (TPSA) is 69.6 Å². The Labute approximate surface area is 123 Å². The summed E-state index contributed by atoms with van der Waals surface area (Å²) in [7, 11) is 0. The maximum absolute atomic E-state index is 12.8. The van der Waals surface area contributed by atoms with E-state index in [4.69, 9.17) is 5.11 Å². The minimum atomic E-state index is -0.957. The van der Waals surface area contributed by atoms with Crippen molar-refractivity contribution < 1.29 is 19.1 Å². The highest BCUT2D eigenvalue weighted by Gasteiger charge is 2.22. The summed E-state index contributed by atoms with van der Waals surface area (Å²) in [5.41, 5.74) is 0.789. The molecular weight excluding hydrogens is 275 g/mol. The quantitative estimate of drug-likeness (QED) is 0.765. The summed E-state index contributed by atoms with van der Waals surface area (Å²) < 4.78 is 12.8. The summed E-state index contributed by atoms with van der Waals surface area (Å²) in [6.07, 6.45) is 0.767. The van der Waals surface area contributed by atoms with Crippen molar-refractivity contribution >= 4 is 11.9 Å². The number of aliphatic carboxylic acids is 1. The summed E-state index contributed by atoms with van der Waals surface area (Å²) in [4.78, 5) is 24.5. The van der Waals surface area contributed by atoms with Gasteiger partial charge in [-0.2, -0.15) is 0 Å². The molecule has 6 heteroatoms. The first-order chi connectivity index (χ1) is 9.93. The van der Waals surface area contributed by atoms with Crippen molar-refractivity contribution in [1.82, 2.24) is 10.2 Å². The van der Waals surface area contributed by atoms with Crippen LogP contribution in [0.15, 0.2) is 24.3 Å². The molecule has 0 aliphatic heterocycles. The molecule has 1 rings (SSSR count). The van der Waals surface area contributed by atoms with Gasteiger partial charge in [0.1, 0.15) is 5.82 Å². The third kappa shape index (κ3) is 5.91. The summed E-state index contributed by atoms with van der Waals surface area (Å²) in [6, 6.07) is 5.33. The molecule has 2 N–H and O–H groups in total. The van der Waals surface area contributed by atoms with E-state index in [9.17, 15) is 14.0 Å². The van der Waals surface area contributed by atoms with E-state index in [1.165, 1.54) is 12.1 Å². The Morgan fingerprint density at radius 3 is 2.48 bits per heavy atom. The number of rotatable bonds is 8. The number of benzene rings is 1. The zero-order valence-corrected chi connectivity index (χ0v) is 12.3. The van der Waals surface area contributed by atoms with Crippen molar-refractivity contribution in [3.05, 3.63) is 35.6 Å². The Morgan fingerprint density at radius 1 is 1.33 bits per heavy atom. The van der Waals surface area contributed by atoms with E-state index in [0.29, 0.717) is 6.54 Å². The van der Waals surface area contributed by atoms with Crippen molar-refractivity contribution in [1.29, 1.82) is 0 Å². The molecule has 0 aliphatic rings. The van der Waals surface area contributed by atoms with Gasteiger partial charge in [0.25, 0.3) is 0 Å². The van der Waals surface area contributed by atoms with Crippen LogP contribution >= 0.6 is 0 Å². The molecular formula is C15H21FN2O3. The van der Waals surface area contributed by atoms with Crippen LogP contribution in [0, 0.1) is 5.82 Å². The van der Waals surface area contributed by atoms with E-state index in [0.717, 1.165) is 12.0 Å². The van der Waals surface area contributed by atoms with Crippen LogP contribution in [0.3, 0.4) is 0 Å². The van der Waals surface area contributed by atoms with Crippen LogP contribution in [0.2, 0.25) is 0 Å². The minimum absolute atomic E-state index is 0.168. The highest BCUT2D eigenvalue weighted by Crippen LogP contribution is 2.04. The fraction of sp³-hybridized carbons (Fsp3) is 0.467. The maximum atomic E-state index is 12.8. The van der Waals surface area contributed by atoms with Gasteiger partial charge in [0.2, 0.25) is 5.91 Å². The third-order valence-electron chi connectivity index (χ3n) is 3.16. The van der Waals surface area contributed by atoms with Gasteiger partial charge in [0.15, 0.2) is 0 Å². The van der Waals surface area contributed by atoms with E-state index < -0.39 is 12.0 Å². The third-order valence-corrected chi connectivity index (χ3v) is 3.16. The van der Waals surface area contributed by atoms with Gasteiger partial charge in [-0.3, -0.25) is 14.5 Å². The molecule has 0 radical (unpaired) electrons. The molecule has 0 heterocycles. The average molecular weight is 296 g/mol. The number of amides is 1. The molecule has 1 atom stereocenters. The predicted molar refractivity (Wildman–Crippen MR) is 77.2 cm³/mol. The first-order valence-electron chi connectivity index (χ1n) is 6.92. The van der Waals surface area contributed by atoms with E-state index in [1.54, 1.807) is 24.0 Å². The molecule has 21 heavy (non-hydrogen) atoms. The van der Waals surface area contributed by atoms with Gasteiger partial charge in [-0.15, -0.1) is 0 Å². The molecule has 1 amide bonds. The largest absolute Gasteiger partial charge is 0.480 e. The van der Waals surface area contributed by atoms with E-state index in [1.807, 2.05) is 6.92 Å². The summed E-state index contributed by atoms with van der Waals surface area (Å²) in [5, 5.41) is 11.6.